The Kier molecular flexibility index (Phi) is 2.62. The van der Waals surface area contributed by atoms with Gasteiger partial charge in [-0.15, -0.1) is 0 Å². The summed E-state index contributed by atoms with van der Waals surface area (Å²) in [5.74, 6) is 0. The van der Waals surface area contributed by atoms with Crippen molar-refractivity contribution in [3.8, 4) is 11.3 Å². The number of rotatable bonds is 1. The lowest BCUT2D eigenvalue weighted by molar-refractivity contribution is 1.01. The van der Waals surface area contributed by atoms with Gasteiger partial charge >= 0.3 is 5.69 Å². The summed E-state index contributed by atoms with van der Waals surface area (Å²) in [7, 11) is 0. The second kappa shape index (κ2) is 4.63. The third-order valence-electron chi connectivity index (χ3n) is 3.60. The van der Waals surface area contributed by atoms with Gasteiger partial charge in [-0.2, -0.15) is 10.1 Å². The molecule has 22 heavy (non-hydrogen) atoms. The molecule has 0 spiro atoms. The lowest BCUT2D eigenvalue weighted by Crippen LogP contribution is -2.12. The summed E-state index contributed by atoms with van der Waals surface area (Å²) >= 11 is 0. The lowest BCUT2D eigenvalue weighted by atomic mass is 10.0. The van der Waals surface area contributed by atoms with Gasteiger partial charge in [-0.25, -0.2) is 9.89 Å². The Balaban J connectivity index is 2.19. The molecular weight excluding hydrogens is 280 g/mol. The minimum Gasteiger partial charge on any atom is -0.305 e. The zero-order valence-electron chi connectivity index (χ0n) is 11.3. The maximum Gasteiger partial charge on any atom is 0.345 e. The highest BCUT2D eigenvalue weighted by molar-refractivity contribution is 6.02. The van der Waals surface area contributed by atoms with Crippen molar-refractivity contribution in [2.75, 3.05) is 0 Å². The molecule has 0 saturated heterocycles. The van der Waals surface area contributed by atoms with Crippen molar-refractivity contribution in [2.45, 2.75) is 0 Å². The molecular formula is C16H10N4O2. The number of aromatic amines is 2. The van der Waals surface area contributed by atoms with Crippen LogP contribution in [0.4, 0.5) is 0 Å². The van der Waals surface area contributed by atoms with Crippen LogP contribution in [0.25, 0.3) is 32.9 Å². The molecule has 0 amide bonds. The van der Waals surface area contributed by atoms with E-state index in [0.717, 1.165) is 5.39 Å². The predicted octanol–water partition coefficient (Wildman–Crippen LogP) is 1.83. The quantitative estimate of drug-likeness (QED) is 0.559. The normalized spacial score (nSPS) is 11.1. The Morgan fingerprint density at radius 2 is 1.68 bits per heavy atom. The molecule has 2 heterocycles. The number of benzene rings is 2. The van der Waals surface area contributed by atoms with E-state index in [9.17, 15) is 9.59 Å². The molecule has 4 rings (SSSR count). The fourth-order valence-electron chi connectivity index (χ4n) is 2.63. The average molecular weight is 290 g/mol. The number of H-pyrrole nitrogens is 2. The first kappa shape index (κ1) is 12.5. The lowest BCUT2D eigenvalue weighted by Gasteiger charge is -2.07. The number of aromatic nitrogens is 4. The van der Waals surface area contributed by atoms with Gasteiger partial charge < -0.3 is 4.98 Å². The van der Waals surface area contributed by atoms with Crippen molar-refractivity contribution in [2.24, 2.45) is 0 Å². The van der Waals surface area contributed by atoms with Crippen molar-refractivity contribution in [1.29, 1.82) is 0 Å². The summed E-state index contributed by atoms with van der Waals surface area (Å²) in [6.45, 7) is 0. The van der Waals surface area contributed by atoms with Crippen LogP contribution in [0.2, 0.25) is 0 Å². The number of nitrogens with zero attached hydrogens (tertiary/aromatic N) is 2. The van der Waals surface area contributed by atoms with Crippen molar-refractivity contribution >= 4 is 21.7 Å². The van der Waals surface area contributed by atoms with Gasteiger partial charge in [0.25, 0.3) is 5.56 Å². The van der Waals surface area contributed by atoms with Gasteiger partial charge in [-0.1, -0.05) is 30.3 Å². The third-order valence-corrected chi connectivity index (χ3v) is 3.60. The molecule has 0 atom stereocenters. The summed E-state index contributed by atoms with van der Waals surface area (Å²) in [4.78, 5) is 30.5. The minimum atomic E-state index is -0.427. The van der Waals surface area contributed by atoms with Crippen LogP contribution in [-0.4, -0.2) is 20.2 Å². The highest BCUT2D eigenvalue weighted by Gasteiger charge is 2.11. The van der Waals surface area contributed by atoms with E-state index >= 15 is 0 Å². The molecule has 0 aliphatic heterocycles. The first-order valence-electron chi connectivity index (χ1n) is 6.70. The standard InChI is InChI=1S/C16H10N4O2/c21-15-10-6-3-5-9(12(10)8-17-20-15)14-11-4-1-2-7-13(11)18-16(22)19-14/h1-8H,(H,20,21)(H,18,19,22). The average Bonchev–Trinajstić information content (AvgIpc) is 2.54. The Morgan fingerprint density at radius 1 is 0.864 bits per heavy atom. The van der Waals surface area contributed by atoms with E-state index in [0.29, 0.717) is 27.5 Å². The smallest absolute Gasteiger partial charge is 0.305 e. The van der Waals surface area contributed by atoms with Crippen LogP contribution >= 0.6 is 0 Å². The molecule has 0 aliphatic carbocycles. The first-order valence-corrected chi connectivity index (χ1v) is 6.70. The Bertz CT molecular complexity index is 1130. The van der Waals surface area contributed by atoms with E-state index < -0.39 is 5.69 Å². The predicted molar refractivity (Wildman–Crippen MR) is 83.7 cm³/mol. The fourth-order valence-corrected chi connectivity index (χ4v) is 2.63. The van der Waals surface area contributed by atoms with Gasteiger partial charge in [-0.05, 0) is 12.1 Å². The van der Waals surface area contributed by atoms with E-state index in [-0.39, 0.29) is 5.56 Å². The van der Waals surface area contributed by atoms with E-state index in [1.54, 1.807) is 18.3 Å². The number of nitrogens with one attached hydrogen (secondary N) is 2. The van der Waals surface area contributed by atoms with Crippen molar-refractivity contribution < 1.29 is 0 Å². The summed E-state index contributed by atoms with van der Waals surface area (Å²) in [6, 6.07) is 12.7. The van der Waals surface area contributed by atoms with Gasteiger partial charge in [-0.3, -0.25) is 4.79 Å². The summed E-state index contributed by atoms with van der Waals surface area (Å²) < 4.78 is 0. The molecule has 0 saturated carbocycles. The van der Waals surface area contributed by atoms with Gasteiger partial charge in [0.2, 0.25) is 0 Å². The van der Waals surface area contributed by atoms with Crippen LogP contribution in [0.15, 0.2) is 58.3 Å². The Labute approximate surface area is 123 Å². The molecule has 0 bridgehead atoms. The molecule has 0 aliphatic rings. The van der Waals surface area contributed by atoms with Crippen LogP contribution in [-0.2, 0) is 0 Å². The zero-order valence-corrected chi connectivity index (χ0v) is 11.3. The Hall–Kier alpha value is -3.28. The number of para-hydroxylation sites is 1. The molecule has 4 aromatic rings. The maximum atomic E-state index is 11.9. The molecule has 0 unspecified atom stereocenters. The minimum absolute atomic E-state index is 0.270. The number of hydrogen-bond donors (Lipinski definition) is 2. The Morgan fingerprint density at radius 3 is 2.59 bits per heavy atom. The molecule has 6 heteroatoms. The van der Waals surface area contributed by atoms with Gasteiger partial charge in [0, 0.05) is 16.3 Å². The molecule has 0 fully saturated rings. The third kappa shape index (κ3) is 1.81. The van der Waals surface area contributed by atoms with E-state index in [2.05, 4.69) is 20.2 Å². The molecule has 0 radical (unpaired) electrons. The summed E-state index contributed by atoms with van der Waals surface area (Å²) in [6.07, 6.45) is 1.57. The van der Waals surface area contributed by atoms with Crippen molar-refractivity contribution in [3.05, 3.63) is 69.5 Å². The number of hydrogen-bond acceptors (Lipinski definition) is 4. The second-order valence-corrected chi connectivity index (χ2v) is 4.90. The maximum absolute atomic E-state index is 11.9. The van der Waals surface area contributed by atoms with Gasteiger partial charge in [0.05, 0.1) is 22.8 Å². The molecule has 106 valence electrons. The van der Waals surface area contributed by atoms with Gasteiger partial charge in [0.15, 0.2) is 0 Å². The fraction of sp³-hybridized carbons (Fsp3) is 0. The van der Waals surface area contributed by atoms with Crippen LogP contribution in [0.5, 0.6) is 0 Å². The van der Waals surface area contributed by atoms with Crippen LogP contribution in [0.3, 0.4) is 0 Å². The second-order valence-electron chi connectivity index (χ2n) is 4.90. The van der Waals surface area contributed by atoms with E-state index in [1.807, 2.05) is 30.3 Å². The first-order chi connectivity index (χ1) is 10.7. The molecule has 2 aromatic carbocycles. The SMILES string of the molecule is O=c1nc(-c2cccc3c(=O)[nH]ncc23)c2ccccc2[nH]1. The summed E-state index contributed by atoms with van der Waals surface area (Å²) in [5.41, 5.74) is 1.25. The molecule has 2 N–H and O–H groups in total. The van der Waals surface area contributed by atoms with Crippen molar-refractivity contribution in [1.82, 2.24) is 20.2 Å². The molecule has 2 aromatic heterocycles. The monoisotopic (exact) mass is 290 g/mol. The highest BCUT2D eigenvalue weighted by atomic mass is 16.1. The summed E-state index contributed by atoms with van der Waals surface area (Å²) in [5, 5.41) is 8.25. The highest BCUT2D eigenvalue weighted by Crippen LogP contribution is 2.29. The van der Waals surface area contributed by atoms with Crippen molar-refractivity contribution in [3.63, 3.8) is 0 Å². The number of fused-ring (bicyclic) bond motifs is 2. The van der Waals surface area contributed by atoms with E-state index in [1.165, 1.54) is 0 Å². The van der Waals surface area contributed by atoms with Crippen LogP contribution in [0, 0.1) is 0 Å². The zero-order chi connectivity index (χ0) is 15.1. The molecule has 6 nitrogen and oxygen atoms in total. The van der Waals surface area contributed by atoms with Crippen LogP contribution < -0.4 is 11.2 Å². The van der Waals surface area contributed by atoms with Gasteiger partial charge in [0.1, 0.15) is 0 Å². The van der Waals surface area contributed by atoms with E-state index in [4.69, 9.17) is 0 Å². The largest absolute Gasteiger partial charge is 0.345 e. The van der Waals surface area contributed by atoms with Crippen LogP contribution in [0.1, 0.15) is 0 Å². The topological polar surface area (TPSA) is 91.5 Å².